The highest BCUT2D eigenvalue weighted by atomic mass is 32.2. The van der Waals surface area contributed by atoms with Crippen LogP contribution in [0.2, 0.25) is 0 Å². The van der Waals surface area contributed by atoms with Gasteiger partial charge < -0.3 is 38.9 Å². The standard InChI is InChI=1S/C31H45N3O11S2/c1-31(2,13-7-8-14-32-46(3,38)39)20-33(47(40,41)25-11-12-28-29(16-25)45-22-44-28)17-27(35)26(15-23-9-5-4-6-10-23)34(30(36)37)24-18-42-21-43-19-24/h4-6,9-12,16,24,26-27,32,35H,7-8,13-15,17-22H2,1-3H3,(H,36,37)/p-1/t26-,27+/m0/s1. The second kappa shape index (κ2) is 15.9. The molecule has 2 heterocycles. The van der Waals surface area contributed by atoms with Gasteiger partial charge in [-0.15, -0.1) is 0 Å². The average Bonchev–Trinajstić information content (AvgIpc) is 3.49. The van der Waals surface area contributed by atoms with Crippen LogP contribution >= 0.6 is 0 Å². The average molecular weight is 699 g/mol. The minimum absolute atomic E-state index is 0.00422. The minimum Gasteiger partial charge on any atom is -0.530 e. The van der Waals surface area contributed by atoms with Gasteiger partial charge in [0.2, 0.25) is 26.8 Å². The van der Waals surface area contributed by atoms with Crippen molar-refractivity contribution in [1.29, 1.82) is 0 Å². The van der Waals surface area contributed by atoms with Crippen molar-refractivity contribution in [1.82, 2.24) is 13.9 Å². The molecule has 2 N–H and O–H groups in total. The number of nitrogens with zero attached hydrogens (tertiary/aromatic N) is 2. The van der Waals surface area contributed by atoms with Crippen molar-refractivity contribution in [2.45, 2.75) is 62.6 Å². The molecule has 2 aliphatic heterocycles. The number of hydrogen-bond donors (Lipinski definition) is 2. The molecule has 0 bridgehead atoms. The Kier molecular flexibility index (Phi) is 12.5. The molecule has 2 aliphatic rings. The number of carbonyl (C=O) groups is 1. The van der Waals surface area contributed by atoms with Gasteiger partial charge >= 0.3 is 0 Å². The molecule has 262 valence electrons. The van der Waals surface area contributed by atoms with Gasteiger partial charge in [-0.2, -0.15) is 4.31 Å². The topological polar surface area (TPSA) is 184 Å². The van der Waals surface area contributed by atoms with E-state index in [4.69, 9.17) is 18.9 Å². The van der Waals surface area contributed by atoms with E-state index >= 15 is 0 Å². The predicted octanol–water partition coefficient (Wildman–Crippen LogP) is 1.14. The van der Waals surface area contributed by atoms with Gasteiger partial charge in [0.05, 0.1) is 42.6 Å². The molecule has 0 unspecified atom stereocenters. The van der Waals surface area contributed by atoms with E-state index in [2.05, 4.69) is 4.72 Å². The van der Waals surface area contributed by atoms with Crippen LogP contribution in [0.1, 0.15) is 38.7 Å². The summed E-state index contributed by atoms with van der Waals surface area (Å²) in [5, 5.41) is 24.4. The maximum atomic E-state index is 14.3. The lowest BCUT2D eigenvalue weighted by Crippen LogP contribution is -2.62. The van der Waals surface area contributed by atoms with Crippen LogP contribution in [0.3, 0.4) is 0 Å². The largest absolute Gasteiger partial charge is 0.530 e. The first-order valence-electron chi connectivity index (χ1n) is 15.4. The number of hydrogen-bond acceptors (Lipinski definition) is 11. The zero-order valence-corrected chi connectivity index (χ0v) is 28.5. The second-order valence-electron chi connectivity index (χ2n) is 12.6. The monoisotopic (exact) mass is 698 g/mol. The van der Waals surface area contributed by atoms with Crippen LogP contribution in [0.4, 0.5) is 4.79 Å². The van der Waals surface area contributed by atoms with Crippen LogP contribution in [0.25, 0.3) is 0 Å². The molecule has 14 nitrogen and oxygen atoms in total. The summed E-state index contributed by atoms with van der Waals surface area (Å²) < 4.78 is 76.5. The molecule has 0 aliphatic carbocycles. The van der Waals surface area contributed by atoms with Gasteiger partial charge in [-0.25, -0.2) is 21.6 Å². The van der Waals surface area contributed by atoms with Gasteiger partial charge in [-0.05, 0) is 42.4 Å². The fourth-order valence-corrected chi connectivity index (χ4v) is 7.95. The minimum atomic E-state index is -4.27. The number of rotatable bonds is 17. The molecule has 1 fully saturated rings. The van der Waals surface area contributed by atoms with E-state index in [1.165, 1.54) is 22.5 Å². The third kappa shape index (κ3) is 10.5. The molecule has 4 rings (SSSR count). The molecule has 47 heavy (non-hydrogen) atoms. The highest BCUT2D eigenvalue weighted by Gasteiger charge is 2.38. The second-order valence-corrected chi connectivity index (χ2v) is 16.4. The van der Waals surface area contributed by atoms with E-state index < -0.39 is 56.3 Å². The fraction of sp³-hybridized carbons (Fsp3) is 0.581. The number of aliphatic hydroxyl groups excluding tert-OH is 1. The van der Waals surface area contributed by atoms with Crippen molar-refractivity contribution >= 4 is 26.1 Å². The molecular weight excluding hydrogens is 654 g/mol. The van der Waals surface area contributed by atoms with E-state index in [1.807, 2.05) is 19.9 Å². The van der Waals surface area contributed by atoms with E-state index in [-0.39, 0.29) is 57.0 Å². The Hall–Kier alpha value is -2.99. The molecular formula is C31H44N3O11S2-. The number of fused-ring (bicyclic) bond motifs is 1. The number of unbranched alkanes of at least 4 members (excludes halogenated alkanes) is 1. The molecule has 16 heteroatoms. The van der Waals surface area contributed by atoms with Crippen molar-refractivity contribution in [2.24, 2.45) is 5.41 Å². The third-order valence-electron chi connectivity index (χ3n) is 8.10. The van der Waals surface area contributed by atoms with Gasteiger partial charge in [0.1, 0.15) is 12.9 Å². The summed E-state index contributed by atoms with van der Waals surface area (Å²) >= 11 is 0. The highest BCUT2D eigenvalue weighted by molar-refractivity contribution is 7.89. The summed E-state index contributed by atoms with van der Waals surface area (Å²) in [5.41, 5.74) is 0.107. The fourth-order valence-electron chi connectivity index (χ4n) is 5.77. The van der Waals surface area contributed by atoms with Crippen LogP contribution in [0, 0.1) is 5.41 Å². The maximum Gasteiger partial charge on any atom is 0.243 e. The van der Waals surface area contributed by atoms with E-state index in [0.29, 0.717) is 25.0 Å². The lowest BCUT2D eigenvalue weighted by molar-refractivity contribution is -0.278. The number of ether oxygens (including phenoxy) is 4. The Balaban J connectivity index is 1.64. The molecule has 2 atom stereocenters. The van der Waals surface area contributed by atoms with Crippen LogP contribution in [-0.4, -0.2) is 108 Å². The molecule has 0 aromatic heterocycles. The van der Waals surface area contributed by atoms with Crippen LogP contribution < -0.4 is 19.3 Å². The van der Waals surface area contributed by atoms with Crippen molar-refractivity contribution in [3.05, 3.63) is 54.1 Å². The molecule has 1 saturated heterocycles. The van der Waals surface area contributed by atoms with E-state index in [1.54, 1.807) is 24.3 Å². The van der Waals surface area contributed by atoms with Crippen molar-refractivity contribution in [2.75, 3.05) is 52.7 Å². The summed E-state index contributed by atoms with van der Waals surface area (Å²) in [6.07, 6.45) is -0.197. The Bertz CT molecular complexity index is 1550. The van der Waals surface area contributed by atoms with Gasteiger partial charge in [0.25, 0.3) is 0 Å². The summed E-state index contributed by atoms with van der Waals surface area (Å²) in [7, 11) is -7.60. The number of sulfonamides is 2. The third-order valence-corrected chi connectivity index (χ3v) is 10.6. The molecule has 0 spiro atoms. The van der Waals surface area contributed by atoms with Crippen LogP contribution in [0.5, 0.6) is 11.5 Å². The normalized spacial score (nSPS) is 17.0. The summed E-state index contributed by atoms with van der Waals surface area (Å²) in [6.45, 7) is 3.56. The van der Waals surface area contributed by atoms with Crippen LogP contribution in [0.15, 0.2) is 53.4 Å². The number of amides is 1. The first-order chi connectivity index (χ1) is 22.2. The number of aliphatic hydroxyl groups is 1. The molecule has 0 saturated carbocycles. The first kappa shape index (κ1) is 36.8. The zero-order valence-electron chi connectivity index (χ0n) is 26.9. The molecule has 0 radical (unpaired) electrons. The Labute approximate surface area is 276 Å². The van der Waals surface area contributed by atoms with Gasteiger partial charge in [-0.3, -0.25) is 0 Å². The van der Waals surface area contributed by atoms with Crippen molar-refractivity contribution in [3.8, 4) is 11.5 Å². The number of carbonyl (C=O) groups excluding carboxylic acids is 1. The lowest BCUT2D eigenvalue weighted by Gasteiger charge is -2.44. The van der Waals surface area contributed by atoms with Crippen LogP contribution in [-0.2, 0) is 35.9 Å². The number of nitrogens with one attached hydrogen (secondary N) is 1. The molecule has 2 aromatic rings. The van der Waals surface area contributed by atoms with Gasteiger partial charge in [0, 0.05) is 25.7 Å². The van der Waals surface area contributed by atoms with Crippen molar-refractivity contribution in [3.63, 3.8) is 0 Å². The maximum absolute atomic E-state index is 14.3. The smallest absolute Gasteiger partial charge is 0.243 e. The summed E-state index contributed by atoms with van der Waals surface area (Å²) in [6, 6.07) is 11.4. The SMILES string of the molecule is CC(C)(CCCCNS(C)(=O)=O)CN(C[C@@H](O)[C@H](Cc1ccccc1)N(C(=O)[O-])C1COCOC1)S(=O)(=O)c1ccc2c(c1)OCO2. The molecule has 2 aromatic carbocycles. The van der Waals surface area contributed by atoms with E-state index in [0.717, 1.165) is 16.7 Å². The number of carboxylic acid groups (broad SMARTS) is 1. The number of benzene rings is 2. The highest BCUT2D eigenvalue weighted by Crippen LogP contribution is 2.36. The van der Waals surface area contributed by atoms with Crippen molar-refractivity contribution < 1.29 is 50.8 Å². The lowest BCUT2D eigenvalue weighted by atomic mass is 9.87. The summed E-state index contributed by atoms with van der Waals surface area (Å²) in [4.78, 5) is 13.5. The van der Waals surface area contributed by atoms with Gasteiger partial charge in [0.15, 0.2) is 11.5 Å². The Morgan fingerprint density at radius 1 is 1.02 bits per heavy atom. The van der Waals surface area contributed by atoms with E-state index in [9.17, 15) is 31.8 Å². The summed E-state index contributed by atoms with van der Waals surface area (Å²) in [5.74, 6) is 0.676. The first-order valence-corrected chi connectivity index (χ1v) is 18.7. The quantitative estimate of drug-likeness (QED) is 0.226. The zero-order chi connectivity index (χ0) is 34.2. The van der Waals surface area contributed by atoms with Gasteiger partial charge in [-0.1, -0.05) is 50.6 Å². The Morgan fingerprint density at radius 3 is 2.36 bits per heavy atom. The Morgan fingerprint density at radius 2 is 1.70 bits per heavy atom. The molecule has 1 amide bonds. The predicted molar refractivity (Wildman–Crippen MR) is 170 cm³/mol.